The fourth-order valence-electron chi connectivity index (χ4n) is 2.19. The molecule has 132 valence electrons. The van der Waals surface area contributed by atoms with Crippen LogP contribution in [0.15, 0.2) is 41.3 Å². The zero-order chi connectivity index (χ0) is 18.6. The first-order valence-electron chi connectivity index (χ1n) is 7.27. The van der Waals surface area contributed by atoms with E-state index in [9.17, 15) is 19.7 Å². The van der Waals surface area contributed by atoms with Gasteiger partial charge in [0.25, 0.3) is 11.2 Å². The quantitative estimate of drug-likeness (QED) is 0.631. The van der Waals surface area contributed by atoms with Crippen LogP contribution in [0.4, 0.5) is 11.4 Å². The molecule has 9 heteroatoms. The number of nitrogens with zero attached hydrogens (tertiary/aromatic N) is 2. The van der Waals surface area contributed by atoms with Crippen LogP contribution in [0.2, 0.25) is 0 Å². The number of aromatic nitrogens is 1. The highest BCUT2D eigenvalue weighted by molar-refractivity contribution is 5.93. The van der Waals surface area contributed by atoms with E-state index < -0.39 is 22.4 Å². The zero-order valence-corrected chi connectivity index (χ0v) is 13.9. The third kappa shape index (κ3) is 3.94. The largest absolute Gasteiger partial charge is 0.493 e. The third-order valence-electron chi connectivity index (χ3n) is 3.58. The molecule has 0 aliphatic carbocycles. The van der Waals surface area contributed by atoms with Crippen molar-refractivity contribution in [2.24, 2.45) is 0 Å². The Labute approximate surface area is 142 Å². The van der Waals surface area contributed by atoms with Crippen LogP contribution in [0, 0.1) is 10.1 Å². The van der Waals surface area contributed by atoms with Crippen LogP contribution < -0.4 is 20.3 Å². The first kappa shape index (κ1) is 18.0. The molecule has 2 aromatic rings. The Morgan fingerprint density at radius 1 is 1.20 bits per heavy atom. The minimum absolute atomic E-state index is 0.273. The van der Waals surface area contributed by atoms with Crippen LogP contribution in [0.3, 0.4) is 0 Å². The molecule has 1 aromatic carbocycles. The number of nitro groups is 1. The fourth-order valence-corrected chi connectivity index (χ4v) is 2.19. The van der Waals surface area contributed by atoms with Crippen LogP contribution in [0.25, 0.3) is 0 Å². The first-order valence-corrected chi connectivity index (χ1v) is 7.27. The van der Waals surface area contributed by atoms with Crippen molar-refractivity contribution in [3.05, 3.63) is 57.0 Å². The summed E-state index contributed by atoms with van der Waals surface area (Å²) in [4.78, 5) is 34.5. The summed E-state index contributed by atoms with van der Waals surface area (Å²) in [5.41, 5.74) is -0.348. The molecule has 0 fully saturated rings. The Bertz CT molecular complexity index is 861. The Morgan fingerprint density at radius 2 is 1.88 bits per heavy atom. The summed E-state index contributed by atoms with van der Waals surface area (Å²) < 4.78 is 11.3. The molecule has 0 aliphatic heterocycles. The minimum atomic E-state index is -0.944. The number of rotatable bonds is 6. The van der Waals surface area contributed by atoms with Gasteiger partial charge in [0.15, 0.2) is 11.5 Å². The van der Waals surface area contributed by atoms with Crippen LogP contribution in [0.5, 0.6) is 11.5 Å². The van der Waals surface area contributed by atoms with Crippen LogP contribution in [-0.4, -0.2) is 29.6 Å². The number of nitrogens with one attached hydrogen (secondary N) is 1. The monoisotopic (exact) mass is 347 g/mol. The highest BCUT2D eigenvalue weighted by Crippen LogP contribution is 2.30. The number of anilines is 1. The molecule has 0 saturated heterocycles. The maximum absolute atomic E-state index is 12.4. The molecular weight excluding hydrogens is 330 g/mol. The maximum Gasteiger partial charge on any atom is 0.285 e. The second kappa shape index (κ2) is 7.47. The van der Waals surface area contributed by atoms with Gasteiger partial charge in [0.2, 0.25) is 5.91 Å². The Morgan fingerprint density at radius 3 is 2.48 bits per heavy atom. The summed E-state index contributed by atoms with van der Waals surface area (Å²) in [5.74, 6) is 0.429. The molecule has 1 amide bonds. The van der Waals surface area contributed by atoms with Gasteiger partial charge in [-0.25, -0.2) is 0 Å². The van der Waals surface area contributed by atoms with E-state index >= 15 is 0 Å². The lowest BCUT2D eigenvalue weighted by molar-refractivity contribution is -0.385. The summed E-state index contributed by atoms with van der Waals surface area (Å²) in [6.45, 7) is 1.47. The van der Waals surface area contributed by atoms with Crippen LogP contribution >= 0.6 is 0 Å². The molecule has 1 N–H and O–H groups in total. The number of amides is 1. The molecule has 0 bridgehead atoms. The van der Waals surface area contributed by atoms with E-state index in [1.807, 2.05) is 0 Å². The van der Waals surface area contributed by atoms with Crippen molar-refractivity contribution in [2.75, 3.05) is 19.5 Å². The van der Waals surface area contributed by atoms with Gasteiger partial charge in [0, 0.05) is 23.9 Å². The maximum atomic E-state index is 12.4. The summed E-state index contributed by atoms with van der Waals surface area (Å²) in [5, 5.41) is 13.5. The number of hydrogen-bond donors (Lipinski definition) is 1. The summed E-state index contributed by atoms with van der Waals surface area (Å²) in [6.07, 6.45) is 1.04. The predicted octanol–water partition coefficient (Wildman–Crippen LogP) is 1.97. The van der Waals surface area contributed by atoms with E-state index in [-0.39, 0.29) is 5.69 Å². The number of ether oxygens (including phenoxy) is 2. The molecule has 1 unspecified atom stereocenters. The van der Waals surface area contributed by atoms with Gasteiger partial charge >= 0.3 is 0 Å². The Kier molecular flexibility index (Phi) is 5.38. The van der Waals surface area contributed by atoms with Gasteiger partial charge in [0.05, 0.1) is 25.3 Å². The van der Waals surface area contributed by atoms with Crippen molar-refractivity contribution >= 4 is 17.3 Å². The standard InChI is InChI=1S/C16H17N3O6/c1-10(18-9-12(19(22)23)5-7-15(18)20)16(21)17-11-4-6-13(24-2)14(8-11)25-3/h4-10H,1-3H3,(H,17,21). The number of carbonyl (C=O) groups is 1. The molecule has 1 heterocycles. The van der Waals surface area contributed by atoms with Gasteiger partial charge in [0.1, 0.15) is 6.04 Å². The Hall–Kier alpha value is -3.36. The third-order valence-corrected chi connectivity index (χ3v) is 3.58. The van der Waals surface area contributed by atoms with Gasteiger partial charge in [-0.15, -0.1) is 0 Å². The first-order chi connectivity index (χ1) is 11.9. The smallest absolute Gasteiger partial charge is 0.285 e. The normalized spacial score (nSPS) is 11.5. The van der Waals surface area contributed by atoms with E-state index in [1.54, 1.807) is 18.2 Å². The van der Waals surface area contributed by atoms with Crippen LogP contribution in [0.1, 0.15) is 13.0 Å². The van der Waals surface area contributed by atoms with Crippen molar-refractivity contribution in [3.8, 4) is 11.5 Å². The Balaban J connectivity index is 2.25. The highest BCUT2D eigenvalue weighted by atomic mass is 16.6. The molecular formula is C16H17N3O6. The van der Waals surface area contributed by atoms with Gasteiger partial charge in [-0.1, -0.05) is 0 Å². The minimum Gasteiger partial charge on any atom is -0.493 e. The average Bonchev–Trinajstić information content (AvgIpc) is 2.61. The van der Waals surface area contributed by atoms with Crippen molar-refractivity contribution in [1.82, 2.24) is 4.57 Å². The molecule has 9 nitrogen and oxygen atoms in total. The second-order valence-corrected chi connectivity index (χ2v) is 5.12. The highest BCUT2D eigenvalue weighted by Gasteiger charge is 2.19. The van der Waals surface area contributed by atoms with E-state index in [0.29, 0.717) is 17.2 Å². The van der Waals surface area contributed by atoms with Crippen LogP contribution in [-0.2, 0) is 4.79 Å². The van der Waals surface area contributed by atoms with Gasteiger partial charge < -0.3 is 14.8 Å². The van der Waals surface area contributed by atoms with E-state index in [4.69, 9.17) is 9.47 Å². The number of hydrogen-bond acceptors (Lipinski definition) is 6. The lowest BCUT2D eigenvalue weighted by Gasteiger charge is -2.16. The molecule has 0 saturated carbocycles. The van der Waals surface area contributed by atoms with E-state index in [1.165, 1.54) is 21.1 Å². The molecule has 2 rings (SSSR count). The SMILES string of the molecule is COc1ccc(NC(=O)C(C)n2cc([N+](=O)[O-])ccc2=O)cc1OC. The van der Waals surface area contributed by atoms with Crippen molar-refractivity contribution < 1.29 is 19.2 Å². The molecule has 1 atom stereocenters. The lowest BCUT2D eigenvalue weighted by atomic mass is 10.2. The summed E-state index contributed by atoms with van der Waals surface area (Å²) in [7, 11) is 2.96. The van der Waals surface area contributed by atoms with E-state index in [0.717, 1.165) is 22.9 Å². The number of carbonyl (C=O) groups excluding carboxylic acids is 1. The van der Waals surface area contributed by atoms with Gasteiger partial charge in [-0.2, -0.15) is 0 Å². The molecule has 1 aromatic heterocycles. The molecule has 0 radical (unpaired) electrons. The predicted molar refractivity (Wildman–Crippen MR) is 90.2 cm³/mol. The van der Waals surface area contributed by atoms with Gasteiger partial charge in [-0.3, -0.25) is 24.3 Å². The number of benzene rings is 1. The second-order valence-electron chi connectivity index (χ2n) is 5.12. The fraction of sp³-hybridized carbons (Fsp3) is 0.250. The number of pyridine rings is 1. The van der Waals surface area contributed by atoms with Crippen molar-refractivity contribution in [2.45, 2.75) is 13.0 Å². The van der Waals surface area contributed by atoms with Gasteiger partial charge in [-0.05, 0) is 19.1 Å². The van der Waals surface area contributed by atoms with Crippen molar-refractivity contribution in [1.29, 1.82) is 0 Å². The lowest BCUT2D eigenvalue weighted by Crippen LogP contribution is -2.31. The summed E-state index contributed by atoms with van der Waals surface area (Å²) >= 11 is 0. The topological polar surface area (TPSA) is 113 Å². The average molecular weight is 347 g/mol. The molecule has 25 heavy (non-hydrogen) atoms. The summed E-state index contributed by atoms with van der Waals surface area (Å²) in [6, 6.07) is 6.01. The number of methoxy groups -OCH3 is 2. The zero-order valence-electron chi connectivity index (χ0n) is 13.9. The van der Waals surface area contributed by atoms with E-state index in [2.05, 4.69) is 5.32 Å². The molecule has 0 spiro atoms. The van der Waals surface area contributed by atoms with Crippen molar-refractivity contribution in [3.63, 3.8) is 0 Å². The molecule has 0 aliphatic rings.